The number of hydrogen-bond donors (Lipinski definition) is 3. The SMILES string of the molecule is CCCCN1C[C@H](C)C[C@@](C)(O)[C@H](C)[C@@H](C)[C@H](C)[C@@H](C)C(=O)O[C@H](CC)[C@@](C)(O)[C@H](O)[C@H]1C. The molecule has 0 aliphatic carbocycles. The smallest absolute Gasteiger partial charge is 0.309 e. The lowest BCUT2D eigenvalue weighted by Crippen LogP contribution is -2.59. The second-order valence-electron chi connectivity index (χ2n) is 11.6. The Balaban J connectivity index is 3.44. The maximum Gasteiger partial charge on any atom is 0.309 e. The van der Waals surface area contributed by atoms with E-state index in [0.717, 1.165) is 19.4 Å². The van der Waals surface area contributed by atoms with Crippen LogP contribution < -0.4 is 0 Å². The molecule has 0 saturated carbocycles. The maximum absolute atomic E-state index is 13.1. The summed E-state index contributed by atoms with van der Waals surface area (Å²) >= 11 is 0. The lowest BCUT2D eigenvalue weighted by Gasteiger charge is -2.43. The van der Waals surface area contributed by atoms with Crippen molar-refractivity contribution in [2.75, 3.05) is 13.1 Å². The zero-order valence-electron chi connectivity index (χ0n) is 23.0. The number of carbonyl (C=O) groups is 1. The molecule has 1 heterocycles. The normalized spacial score (nSPS) is 45.2. The van der Waals surface area contributed by atoms with Gasteiger partial charge in [0.1, 0.15) is 17.8 Å². The summed E-state index contributed by atoms with van der Waals surface area (Å²) in [7, 11) is 0. The van der Waals surface area contributed by atoms with Crippen LogP contribution in [0.2, 0.25) is 0 Å². The summed E-state index contributed by atoms with van der Waals surface area (Å²) in [6, 6.07) is -0.329. The van der Waals surface area contributed by atoms with Gasteiger partial charge in [0.05, 0.1) is 11.5 Å². The standard InChI is InChI=1S/C27H53NO5/c1-11-13-14-28-16-17(3)15-26(9,31)21(7)19(5)18(4)20(6)25(30)33-23(12-2)27(10,32)24(29)22(28)8/h17-24,29,31-32H,11-16H2,1-10H3/t17-,18+,19+,20-,21-,22-,23-,24-,26-,27-/m1/s1. The summed E-state index contributed by atoms with van der Waals surface area (Å²) in [5, 5.41) is 34.1. The van der Waals surface area contributed by atoms with Crippen LogP contribution >= 0.6 is 0 Å². The van der Waals surface area contributed by atoms with Crippen molar-refractivity contribution in [3.8, 4) is 0 Å². The Hall–Kier alpha value is -0.690. The van der Waals surface area contributed by atoms with Crippen molar-refractivity contribution in [2.24, 2.45) is 29.6 Å². The molecular formula is C27H53NO5. The van der Waals surface area contributed by atoms with Gasteiger partial charge >= 0.3 is 5.97 Å². The van der Waals surface area contributed by atoms with Crippen molar-refractivity contribution in [3.63, 3.8) is 0 Å². The molecule has 0 unspecified atom stereocenters. The van der Waals surface area contributed by atoms with Crippen LogP contribution in [-0.4, -0.2) is 68.7 Å². The monoisotopic (exact) mass is 471 g/mol. The number of aliphatic hydroxyl groups excluding tert-OH is 1. The summed E-state index contributed by atoms with van der Waals surface area (Å²) in [6.45, 7) is 21.2. The van der Waals surface area contributed by atoms with E-state index < -0.39 is 23.4 Å². The molecular weight excluding hydrogens is 418 g/mol. The summed E-state index contributed by atoms with van der Waals surface area (Å²) in [5.41, 5.74) is -2.46. The lowest BCUT2D eigenvalue weighted by molar-refractivity contribution is -0.191. The fraction of sp³-hybridized carbons (Fsp3) is 0.963. The average Bonchev–Trinajstić information content (AvgIpc) is 2.75. The van der Waals surface area contributed by atoms with Gasteiger partial charge in [0.2, 0.25) is 0 Å². The van der Waals surface area contributed by atoms with Crippen molar-refractivity contribution in [3.05, 3.63) is 0 Å². The van der Waals surface area contributed by atoms with Gasteiger partial charge < -0.3 is 20.1 Å². The van der Waals surface area contributed by atoms with E-state index in [4.69, 9.17) is 4.74 Å². The largest absolute Gasteiger partial charge is 0.459 e. The van der Waals surface area contributed by atoms with E-state index >= 15 is 0 Å². The Morgan fingerprint density at radius 3 is 2.12 bits per heavy atom. The molecule has 1 aliphatic rings. The molecule has 3 N–H and O–H groups in total. The van der Waals surface area contributed by atoms with E-state index in [1.54, 1.807) is 6.92 Å². The van der Waals surface area contributed by atoms with Gasteiger partial charge in [-0.3, -0.25) is 9.69 Å². The Morgan fingerprint density at radius 1 is 1.03 bits per heavy atom. The highest BCUT2D eigenvalue weighted by Crippen LogP contribution is 2.38. The number of ether oxygens (including phenoxy) is 1. The van der Waals surface area contributed by atoms with Crippen molar-refractivity contribution in [2.45, 2.75) is 124 Å². The second kappa shape index (κ2) is 12.3. The number of carbonyl (C=O) groups excluding carboxylic acids is 1. The highest BCUT2D eigenvalue weighted by atomic mass is 16.6. The summed E-state index contributed by atoms with van der Waals surface area (Å²) < 4.78 is 5.84. The molecule has 33 heavy (non-hydrogen) atoms. The number of nitrogens with zero attached hydrogens (tertiary/aromatic N) is 1. The highest BCUT2D eigenvalue weighted by molar-refractivity contribution is 5.72. The quantitative estimate of drug-likeness (QED) is 0.531. The van der Waals surface area contributed by atoms with Crippen LogP contribution in [0.3, 0.4) is 0 Å². The van der Waals surface area contributed by atoms with Gasteiger partial charge in [-0.25, -0.2) is 0 Å². The molecule has 0 radical (unpaired) electrons. The van der Waals surface area contributed by atoms with Crippen LogP contribution in [-0.2, 0) is 9.53 Å². The minimum atomic E-state index is -1.58. The third-order valence-corrected chi connectivity index (χ3v) is 8.78. The number of hydrogen-bond acceptors (Lipinski definition) is 6. The number of aliphatic hydroxyl groups is 3. The van der Waals surface area contributed by atoms with Crippen molar-refractivity contribution < 1.29 is 24.9 Å². The number of cyclic esters (lactones) is 1. The van der Waals surface area contributed by atoms with Gasteiger partial charge in [-0.2, -0.15) is 0 Å². The molecule has 6 nitrogen and oxygen atoms in total. The fourth-order valence-corrected chi connectivity index (χ4v) is 5.61. The van der Waals surface area contributed by atoms with E-state index in [1.807, 2.05) is 34.6 Å². The van der Waals surface area contributed by atoms with Gasteiger partial charge in [0, 0.05) is 12.6 Å². The zero-order chi connectivity index (χ0) is 25.7. The van der Waals surface area contributed by atoms with Crippen LogP contribution in [0.25, 0.3) is 0 Å². The number of unbranched alkanes of at least 4 members (excludes halogenated alkanes) is 1. The second-order valence-corrected chi connectivity index (χ2v) is 11.6. The molecule has 196 valence electrons. The molecule has 0 amide bonds. The molecule has 6 heteroatoms. The number of rotatable bonds is 4. The van der Waals surface area contributed by atoms with E-state index in [-0.39, 0.29) is 41.6 Å². The highest BCUT2D eigenvalue weighted by Gasteiger charge is 2.46. The first kappa shape index (κ1) is 30.3. The van der Waals surface area contributed by atoms with Crippen LogP contribution in [0.5, 0.6) is 0 Å². The molecule has 0 aromatic rings. The van der Waals surface area contributed by atoms with E-state index in [1.165, 1.54) is 0 Å². The lowest BCUT2D eigenvalue weighted by atomic mass is 9.70. The molecule has 1 fully saturated rings. The van der Waals surface area contributed by atoms with Crippen molar-refractivity contribution in [1.29, 1.82) is 0 Å². The number of esters is 1. The third kappa shape index (κ3) is 7.39. The zero-order valence-corrected chi connectivity index (χ0v) is 23.0. The summed E-state index contributed by atoms with van der Waals surface area (Å²) in [6.07, 6.45) is 1.16. The molecule has 0 aromatic carbocycles. The van der Waals surface area contributed by atoms with Crippen LogP contribution in [0.4, 0.5) is 0 Å². The first-order valence-electron chi connectivity index (χ1n) is 13.2. The van der Waals surface area contributed by atoms with E-state index in [9.17, 15) is 20.1 Å². The molecule has 1 aliphatic heterocycles. The predicted molar refractivity (Wildman–Crippen MR) is 134 cm³/mol. The van der Waals surface area contributed by atoms with Gasteiger partial charge in [0.15, 0.2) is 0 Å². The first-order chi connectivity index (χ1) is 15.1. The maximum atomic E-state index is 13.1. The Bertz CT molecular complexity index is 607. The minimum Gasteiger partial charge on any atom is -0.459 e. The average molecular weight is 472 g/mol. The fourth-order valence-electron chi connectivity index (χ4n) is 5.61. The van der Waals surface area contributed by atoms with Crippen LogP contribution in [0.1, 0.15) is 94.9 Å². The Kier molecular flexibility index (Phi) is 11.3. The molecule has 10 atom stereocenters. The van der Waals surface area contributed by atoms with E-state index in [0.29, 0.717) is 19.4 Å². The topological polar surface area (TPSA) is 90.2 Å². The molecule has 1 saturated heterocycles. The molecule has 1 rings (SSSR count). The summed E-state index contributed by atoms with van der Waals surface area (Å²) in [5.74, 6) is -0.468. The predicted octanol–water partition coefficient (Wildman–Crippen LogP) is 4.25. The Morgan fingerprint density at radius 2 is 1.61 bits per heavy atom. The Labute approximate surface area is 203 Å². The van der Waals surface area contributed by atoms with Crippen LogP contribution in [0.15, 0.2) is 0 Å². The molecule has 0 aromatic heterocycles. The van der Waals surface area contributed by atoms with Gasteiger partial charge in [-0.05, 0) is 70.3 Å². The molecule has 0 spiro atoms. The third-order valence-electron chi connectivity index (χ3n) is 8.78. The van der Waals surface area contributed by atoms with Gasteiger partial charge in [-0.1, -0.05) is 54.9 Å². The minimum absolute atomic E-state index is 0.00693. The van der Waals surface area contributed by atoms with Gasteiger partial charge in [-0.15, -0.1) is 0 Å². The van der Waals surface area contributed by atoms with Crippen molar-refractivity contribution >= 4 is 5.97 Å². The van der Waals surface area contributed by atoms with Crippen LogP contribution in [0, 0.1) is 29.6 Å². The van der Waals surface area contributed by atoms with Gasteiger partial charge in [0.25, 0.3) is 0 Å². The van der Waals surface area contributed by atoms with E-state index in [2.05, 4.69) is 32.6 Å². The first-order valence-corrected chi connectivity index (χ1v) is 13.2. The summed E-state index contributed by atoms with van der Waals surface area (Å²) in [4.78, 5) is 15.3. The molecule has 0 bridgehead atoms. The van der Waals surface area contributed by atoms with Crippen molar-refractivity contribution in [1.82, 2.24) is 4.90 Å².